The third kappa shape index (κ3) is 2.45. The van der Waals surface area contributed by atoms with Crippen LogP contribution in [0.25, 0.3) is 0 Å². The van der Waals surface area contributed by atoms with Gasteiger partial charge in [-0.25, -0.2) is 0 Å². The van der Waals surface area contributed by atoms with Crippen LogP contribution in [0, 0.1) is 0 Å². The van der Waals surface area contributed by atoms with Crippen LogP contribution >= 0.6 is 0 Å². The van der Waals surface area contributed by atoms with E-state index in [1.54, 1.807) is 13.0 Å². The molecule has 0 unspecified atom stereocenters. The summed E-state index contributed by atoms with van der Waals surface area (Å²) in [6.07, 6.45) is 6.13. The summed E-state index contributed by atoms with van der Waals surface area (Å²) >= 11 is 0. The molecule has 68 valence electrons. The molecule has 1 aliphatic heterocycles. The Morgan fingerprint density at radius 3 is 2.58 bits per heavy atom. The van der Waals surface area contributed by atoms with Crippen LogP contribution in [0.3, 0.4) is 0 Å². The molecule has 0 aromatic heterocycles. The first-order chi connectivity index (χ1) is 5.74. The number of nitrogens with zero attached hydrogens (tertiary/aromatic N) is 1. The van der Waals surface area contributed by atoms with Gasteiger partial charge in [0.1, 0.15) is 0 Å². The molecule has 0 aliphatic carbocycles. The number of allylic oxidation sites excluding steroid dienone is 1. The average Bonchev–Trinajstić information content (AvgIpc) is 1.93. The molecule has 0 N–H and O–H groups in total. The molecule has 1 rings (SSSR count). The van der Waals surface area contributed by atoms with Crippen molar-refractivity contribution in [1.82, 2.24) is 4.90 Å². The first-order valence-corrected chi connectivity index (χ1v) is 4.67. The van der Waals surface area contributed by atoms with Crippen LogP contribution in [0.15, 0.2) is 12.2 Å². The van der Waals surface area contributed by atoms with Crippen molar-refractivity contribution in [3.63, 3.8) is 0 Å². The molecule has 2 heteroatoms. The minimum atomic E-state index is 0.147. The van der Waals surface area contributed by atoms with Gasteiger partial charge in [-0.15, -0.1) is 0 Å². The average molecular weight is 167 g/mol. The summed E-state index contributed by atoms with van der Waals surface area (Å²) in [6, 6.07) is 0.489. The monoisotopic (exact) mass is 167 g/mol. The number of carbonyl (C=O) groups is 1. The van der Waals surface area contributed by atoms with Crippen molar-refractivity contribution in [3.05, 3.63) is 12.2 Å². The standard InChI is InChI=1S/C10H17NO/c1-3-10(6-5-9(2)12)11-7-4-8-11/h5-6,10H,3-4,7-8H2,1-2H3/b6-5+/t10-/m1/s1. The second-order valence-corrected chi connectivity index (χ2v) is 3.33. The highest BCUT2D eigenvalue weighted by Gasteiger charge is 2.19. The molecule has 0 aromatic rings. The fraction of sp³-hybridized carbons (Fsp3) is 0.700. The van der Waals surface area contributed by atoms with Crippen molar-refractivity contribution >= 4 is 5.78 Å². The number of hydrogen-bond donors (Lipinski definition) is 0. The SMILES string of the molecule is CC[C@H](/C=C/C(C)=O)N1CCC1. The normalized spacial score (nSPS) is 20.8. The molecule has 1 aliphatic rings. The van der Waals surface area contributed by atoms with Gasteiger partial charge in [0.25, 0.3) is 0 Å². The number of ketones is 1. The summed E-state index contributed by atoms with van der Waals surface area (Å²) in [7, 11) is 0. The maximum Gasteiger partial charge on any atom is 0.152 e. The maximum absolute atomic E-state index is 10.7. The van der Waals surface area contributed by atoms with E-state index in [0.717, 1.165) is 6.42 Å². The first kappa shape index (κ1) is 9.46. The Kier molecular flexibility index (Phi) is 3.48. The molecule has 0 aromatic carbocycles. The topological polar surface area (TPSA) is 20.3 Å². The quantitative estimate of drug-likeness (QED) is 0.593. The van der Waals surface area contributed by atoms with E-state index in [1.165, 1.54) is 19.5 Å². The fourth-order valence-corrected chi connectivity index (χ4v) is 1.43. The van der Waals surface area contributed by atoms with Crippen LogP contribution < -0.4 is 0 Å². The molecule has 2 nitrogen and oxygen atoms in total. The van der Waals surface area contributed by atoms with Crippen molar-refractivity contribution in [2.45, 2.75) is 32.7 Å². The molecular formula is C10H17NO. The Morgan fingerprint density at radius 1 is 1.58 bits per heavy atom. The number of likely N-dealkylation sites (tertiary alicyclic amines) is 1. The molecule has 1 saturated heterocycles. The third-order valence-electron chi connectivity index (χ3n) is 2.33. The van der Waals surface area contributed by atoms with E-state index in [0.29, 0.717) is 6.04 Å². The molecule has 0 amide bonds. The van der Waals surface area contributed by atoms with Gasteiger partial charge in [-0.05, 0) is 38.9 Å². The Morgan fingerprint density at radius 2 is 2.25 bits per heavy atom. The molecule has 0 saturated carbocycles. The molecule has 1 fully saturated rings. The summed E-state index contributed by atoms with van der Waals surface area (Å²) in [5, 5.41) is 0. The van der Waals surface area contributed by atoms with Crippen molar-refractivity contribution < 1.29 is 4.79 Å². The Hall–Kier alpha value is -0.630. The Balaban J connectivity index is 2.38. The lowest BCUT2D eigenvalue weighted by Gasteiger charge is -2.36. The lowest BCUT2D eigenvalue weighted by Crippen LogP contribution is -2.43. The van der Waals surface area contributed by atoms with E-state index >= 15 is 0 Å². The van der Waals surface area contributed by atoms with Crippen molar-refractivity contribution in [2.24, 2.45) is 0 Å². The van der Waals surface area contributed by atoms with Crippen LogP contribution in [0.5, 0.6) is 0 Å². The Labute approximate surface area is 74.2 Å². The van der Waals surface area contributed by atoms with Crippen molar-refractivity contribution in [3.8, 4) is 0 Å². The molecular weight excluding hydrogens is 150 g/mol. The summed E-state index contributed by atoms with van der Waals surface area (Å²) < 4.78 is 0. The molecule has 0 radical (unpaired) electrons. The zero-order valence-corrected chi connectivity index (χ0v) is 7.92. The van der Waals surface area contributed by atoms with Crippen LogP contribution in [0.4, 0.5) is 0 Å². The highest BCUT2D eigenvalue weighted by Crippen LogP contribution is 2.14. The first-order valence-electron chi connectivity index (χ1n) is 4.67. The second-order valence-electron chi connectivity index (χ2n) is 3.33. The van der Waals surface area contributed by atoms with Crippen molar-refractivity contribution in [2.75, 3.05) is 13.1 Å². The Bertz CT molecular complexity index is 182. The summed E-state index contributed by atoms with van der Waals surface area (Å²) in [5.41, 5.74) is 0. The zero-order chi connectivity index (χ0) is 8.97. The van der Waals surface area contributed by atoms with Gasteiger partial charge in [0.2, 0.25) is 0 Å². The van der Waals surface area contributed by atoms with Gasteiger partial charge in [0, 0.05) is 6.04 Å². The molecule has 0 spiro atoms. The number of carbonyl (C=O) groups excluding carboxylic acids is 1. The maximum atomic E-state index is 10.7. The van der Waals surface area contributed by atoms with E-state index in [1.807, 2.05) is 6.08 Å². The van der Waals surface area contributed by atoms with E-state index in [9.17, 15) is 4.79 Å². The lowest BCUT2D eigenvalue weighted by molar-refractivity contribution is -0.112. The lowest BCUT2D eigenvalue weighted by atomic mass is 10.1. The van der Waals surface area contributed by atoms with Crippen LogP contribution in [0.2, 0.25) is 0 Å². The van der Waals surface area contributed by atoms with Gasteiger partial charge >= 0.3 is 0 Å². The number of hydrogen-bond acceptors (Lipinski definition) is 2. The van der Waals surface area contributed by atoms with Gasteiger partial charge < -0.3 is 0 Å². The highest BCUT2D eigenvalue weighted by molar-refractivity contribution is 5.87. The van der Waals surface area contributed by atoms with E-state index in [-0.39, 0.29) is 5.78 Å². The summed E-state index contributed by atoms with van der Waals surface area (Å²) in [4.78, 5) is 13.1. The van der Waals surface area contributed by atoms with Crippen LogP contribution in [0.1, 0.15) is 26.7 Å². The smallest absolute Gasteiger partial charge is 0.152 e. The van der Waals surface area contributed by atoms with E-state index in [4.69, 9.17) is 0 Å². The fourth-order valence-electron chi connectivity index (χ4n) is 1.43. The minimum Gasteiger partial charge on any atom is -0.297 e. The summed E-state index contributed by atoms with van der Waals surface area (Å²) in [6.45, 7) is 6.15. The minimum absolute atomic E-state index is 0.147. The van der Waals surface area contributed by atoms with Crippen LogP contribution in [-0.2, 0) is 4.79 Å². The van der Waals surface area contributed by atoms with Gasteiger partial charge in [-0.1, -0.05) is 13.0 Å². The number of rotatable bonds is 4. The van der Waals surface area contributed by atoms with Gasteiger partial charge in [-0.3, -0.25) is 9.69 Å². The predicted molar refractivity (Wildman–Crippen MR) is 50.1 cm³/mol. The molecule has 1 atom stereocenters. The van der Waals surface area contributed by atoms with E-state index in [2.05, 4.69) is 11.8 Å². The predicted octanol–water partition coefficient (Wildman–Crippen LogP) is 1.62. The van der Waals surface area contributed by atoms with E-state index < -0.39 is 0 Å². The summed E-state index contributed by atoms with van der Waals surface area (Å²) in [5.74, 6) is 0.147. The molecule has 1 heterocycles. The third-order valence-corrected chi connectivity index (χ3v) is 2.33. The largest absolute Gasteiger partial charge is 0.297 e. The van der Waals surface area contributed by atoms with Gasteiger partial charge in [0.05, 0.1) is 0 Å². The van der Waals surface area contributed by atoms with Crippen LogP contribution in [-0.4, -0.2) is 29.8 Å². The highest BCUT2D eigenvalue weighted by atomic mass is 16.1. The van der Waals surface area contributed by atoms with Crippen molar-refractivity contribution in [1.29, 1.82) is 0 Å². The zero-order valence-electron chi connectivity index (χ0n) is 7.92. The molecule has 0 bridgehead atoms. The van der Waals surface area contributed by atoms with Gasteiger partial charge in [-0.2, -0.15) is 0 Å². The van der Waals surface area contributed by atoms with Gasteiger partial charge in [0.15, 0.2) is 5.78 Å². The second kappa shape index (κ2) is 4.41. The molecule has 12 heavy (non-hydrogen) atoms.